The molecule has 0 spiro atoms. The van der Waals surface area contributed by atoms with Crippen molar-refractivity contribution in [3.8, 4) is 5.88 Å². The lowest BCUT2D eigenvalue weighted by atomic mass is 10.1. The SMILES string of the molecule is CCCCOc1cc(=NC(=S)NCCC)cnn1C1C=CCC=C1. The van der Waals surface area contributed by atoms with Crippen molar-refractivity contribution in [3.05, 3.63) is 41.9 Å². The zero-order valence-electron chi connectivity index (χ0n) is 14.4. The number of nitrogens with zero attached hydrogens (tertiary/aromatic N) is 3. The Morgan fingerprint density at radius 3 is 2.88 bits per heavy atom. The Hall–Kier alpha value is -1.95. The van der Waals surface area contributed by atoms with E-state index in [1.807, 2.05) is 10.7 Å². The van der Waals surface area contributed by atoms with Crippen molar-refractivity contribution < 1.29 is 4.74 Å². The van der Waals surface area contributed by atoms with Crippen molar-refractivity contribution in [2.45, 2.75) is 45.6 Å². The van der Waals surface area contributed by atoms with Gasteiger partial charge in [0.2, 0.25) is 5.88 Å². The van der Waals surface area contributed by atoms with Gasteiger partial charge < -0.3 is 10.1 Å². The van der Waals surface area contributed by atoms with Crippen LogP contribution in [0.15, 0.2) is 41.6 Å². The molecule has 1 heterocycles. The number of hydrogen-bond donors (Lipinski definition) is 1. The Labute approximate surface area is 149 Å². The summed E-state index contributed by atoms with van der Waals surface area (Å²) >= 11 is 5.23. The van der Waals surface area contributed by atoms with Crippen LogP contribution in [0, 0.1) is 0 Å². The highest BCUT2D eigenvalue weighted by Gasteiger charge is 2.11. The van der Waals surface area contributed by atoms with Crippen LogP contribution in [0.4, 0.5) is 0 Å². The molecule has 1 N–H and O–H groups in total. The van der Waals surface area contributed by atoms with E-state index in [4.69, 9.17) is 17.0 Å². The molecule has 0 aromatic carbocycles. The molecular formula is C18H26N4OS. The Morgan fingerprint density at radius 1 is 1.38 bits per heavy atom. The molecule has 0 aliphatic heterocycles. The van der Waals surface area contributed by atoms with Crippen molar-refractivity contribution in [1.82, 2.24) is 15.1 Å². The zero-order valence-corrected chi connectivity index (χ0v) is 15.3. The molecule has 0 fully saturated rings. The molecule has 1 aromatic rings. The minimum atomic E-state index is 0.0783. The van der Waals surface area contributed by atoms with E-state index in [-0.39, 0.29) is 6.04 Å². The zero-order chi connectivity index (χ0) is 17.2. The van der Waals surface area contributed by atoms with E-state index in [9.17, 15) is 0 Å². The molecule has 0 bridgehead atoms. The van der Waals surface area contributed by atoms with Crippen LogP contribution in [0.5, 0.6) is 5.88 Å². The molecule has 2 rings (SSSR count). The number of rotatable bonds is 7. The fourth-order valence-electron chi connectivity index (χ4n) is 2.25. The Bertz CT molecular complexity index is 651. The molecule has 0 radical (unpaired) electrons. The Kier molecular flexibility index (Phi) is 7.68. The minimum absolute atomic E-state index is 0.0783. The van der Waals surface area contributed by atoms with Gasteiger partial charge in [-0.1, -0.05) is 44.6 Å². The van der Waals surface area contributed by atoms with Gasteiger partial charge in [0.15, 0.2) is 5.11 Å². The van der Waals surface area contributed by atoms with Crippen LogP contribution in [-0.2, 0) is 0 Å². The third-order valence-electron chi connectivity index (χ3n) is 3.54. The maximum atomic E-state index is 5.94. The first-order valence-corrected chi connectivity index (χ1v) is 9.03. The van der Waals surface area contributed by atoms with E-state index < -0.39 is 0 Å². The van der Waals surface area contributed by atoms with Crippen LogP contribution >= 0.6 is 12.2 Å². The lowest BCUT2D eigenvalue weighted by Gasteiger charge is -2.18. The van der Waals surface area contributed by atoms with Crippen molar-refractivity contribution in [2.24, 2.45) is 4.99 Å². The second-order valence-corrected chi connectivity index (χ2v) is 6.01. The van der Waals surface area contributed by atoms with Crippen molar-refractivity contribution in [2.75, 3.05) is 13.2 Å². The first kappa shape index (κ1) is 18.4. The molecular weight excluding hydrogens is 320 g/mol. The van der Waals surface area contributed by atoms with Gasteiger partial charge in [0.05, 0.1) is 24.2 Å². The summed E-state index contributed by atoms with van der Waals surface area (Å²) in [5.74, 6) is 0.712. The van der Waals surface area contributed by atoms with E-state index in [0.29, 0.717) is 23.0 Å². The summed E-state index contributed by atoms with van der Waals surface area (Å²) in [5.41, 5.74) is 0. The normalized spacial score (nSPS) is 14.8. The van der Waals surface area contributed by atoms with E-state index in [1.165, 1.54) is 0 Å². The standard InChI is InChI=1S/C18H26N4OS/c1-3-5-12-23-17-13-15(21-18(24)19-11-4-2)14-20-22(17)16-9-7-6-8-10-16/h7-10,13-14,16H,3-6,11-12H2,1-2H3,(H,19,24). The number of nitrogens with one attached hydrogen (secondary N) is 1. The van der Waals surface area contributed by atoms with Crippen molar-refractivity contribution in [3.63, 3.8) is 0 Å². The molecule has 0 saturated carbocycles. The summed E-state index contributed by atoms with van der Waals surface area (Å²) in [6, 6.07) is 1.98. The summed E-state index contributed by atoms with van der Waals surface area (Å²) in [4.78, 5) is 4.40. The monoisotopic (exact) mass is 346 g/mol. The lowest BCUT2D eigenvalue weighted by molar-refractivity contribution is 0.270. The number of thiocarbonyl (C=S) groups is 1. The first-order valence-electron chi connectivity index (χ1n) is 8.62. The van der Waals surface area contributed by atoms with E-state index >= 15 is 0 Å². The molecule has 0 unspecified atom stereocenters. The fourth-order valence-corrected chi connectivity index (χ4v) is 2.46. The molecule has 1 aliphatic rings. The molecule has 1 aromatic heterocycles. The van der Waals surface area contributed by atoms with Crippen LogP contribution < -0.4 is 15.4 Å². The number of allylic oxidation sites excluding steroid dienone is 4. The number of ether oxygens (including phenoxy) is 1. The number of unbranched alkanes of at least 4 members (excludes halogenated alkanes) is 1. The molecule has 5 nitrogen and oxygen atoms in total. The maximum absolute atomic E-state index is 5.94. The van der Waals surface area contributed by atoms with Gasteiger partial charge in [0.1, 0.15) is 0 Å². The quantitative estimate of drug-likeness (QED) is 0.467. The van der Waals surface area contributed by atoms with Gasteiger partial charge >= 0.3 is 0 Å². The van der Waals surface area contributed by atoms with Crippen LogP contribution in [0.2, 0.25) is 0 Å². The number of aromatic nitrogens is 2. The second-order valence-electron chi connectivity index (χ2n) is 5.62. The summed E-state index contributed by atoms with van der Waals surface area (Å²) in [6.45, 7) is 5.72. The fraction of sp³-hybridized carbons (Fsp3) is 0.500. The molecule has 24 heavy (non-hydrogen) atoms. The molecule has 130 valence electrons. The summed E-state index contributed by atoms with van der Waals surface area (Å²) in [6.07, 6.45) is 14.3. The topological polar surface area (TPSA) is 51.4 Å². The largest absolute Gasteiger partial charge is 0.478 e. The highest BCUT2D eigenvalue weighted by atomic mass is 32.1. The summed E-state index contributed by atoms with van der Waals surface area (Å²) in [5, 5.41) is 8.80. The highest BCUT2D eigenvalue weighted by molar-refractivity contribution is 7.80. The average molecular weight is 347 g/mol. The molecule has 1 aliphatic carbocycles. The molecule has 0 amide bonds. The molecule has 0 atom stereocenters. The van der Waals surface area contributed by atoms with Gasteiger partial charge in [-0.15, -0.1) is 0 Å². The summed E-state index contributed by atoms with van der Waals surface area (Å²) in [7, 11) is 0. The van der Waals surface area contributed by atoms with E-state index in [0.717, 1.165) is 32.2 Å². The lowest BCUT2D eigenvalue weighted by Crippen LogP contribution is -2.24. The maximum Gasteiger partial charge on any atom is 0.213 e. The van der Waals surface area contributed by atoms with Crippen LogP contribution in [-0.4, -0.2) is 28.0 Å². The third-order valence-corrected chi connectivity index (χ3v) is 3.77. The molecule has 0 saturated heterocycles. The molecule has 6 heteroatoms. The van der Waals surface area contributed by atoms with Crippen molar-refractivity contribution in [1.29, 1.82) is 0 Å². The summed E-state index contributed by atoms with van der Waals surface area (Å²) < 4.78 is 7.82. The van der Waals surface area contributed by atoms with Crippen molar-refractivity contribution >= 4 is 17.3 Å². The highest BCUT2D eigenvalue weighted by Crippen LogP contribution is 2.20. The van der Waals surface area contributed by atoms with Gasteiger partial charge in [-0.2, -0.15) is 5.10 Å². The first-order chi connectivity index (χ1) is 11.7. The average Bonchev–Trinajstić information content (AvgIpc) is 2.61. The van der Waals surface area contributed by atoms with Crippen LogP contribution in [0.25, 0.3) is 0 Å². The smallest absolute Gasteiger partial charge is 0.213 e. The Morgan fingerprint density at radius 2 is 2.17 bits per heavy atom. The van der Waals surface area contributed by atoms with Gasteiger partial charge in [-0.25, -0.2) is 9.67 Å². The minimum Gasteiger partial charge on any atom is -0.478 e. The van der Waals surface area contributed by atoms with Gasteiger partial charge in [-0.3, -0.25) is 0 Å². The number of hydrogen-bond acceptors (Lipinski definition) is 3. The van der Waals surface area contributed by atoms with Gasteiger partial charge in [0.25, 0.3) is 0 Å². The third kappa shape index (κ3) is 5.60. The van der Waals surface area contributed by atoms with Gasteiger partial charge in [0, 0.05) is 12.6 Å². The Balaban J connectivity index is 2.25. The van der Waals surface area contributed by atoms with Gasteiger partial charge in [-0.05, 0) is 31.5 Å². The van der Waals surface area contributed by atoms with E-state index in [2.05, 4.69) is 53.6 Å². The second kappa shape index (κ2) is 10.0. The van der Waals surface area contributed by atoms with E-state index in [1.54, 1.807) is 6.20 Å². The predicted molar refractivity (Wildman–Crippen MR) is 101 cm³/mol. The van der Waals surface area contributed by atoms with Crippen LogP contribution in [0.1, 0.15) is 45.6 Å². The predicted octanol–water partition coefficient (Wildman–Crippen LogP) is 3.30. The van der Waals surface area contributed by atoms with Crippen LogP contribution in [0.3, 0.4) is 0 Å².